The van der Waals surface area contributed by atoms with Crippen LogP contribution in [0.25, 0.3) is 0 Å². The Morgan fingerprint density at radius 3 is 2.27 bits per heavy atom. The molecule has 2 rings (SSSR count). The van der Waals surface area contributed by atoms with Gasteiger partial charge in [0, 0.05) is 6.54 Å². The molecule has 1 saturated carbocycles. The first-order valence-electron chi connectivity index (χ1n) is 9.87. The first-order chi connectivity index (χ1) is 14.3. The van der Waals surface area contributed by atoms with Gasteiger partial charge in [0.25, 0.3) is 5.91 Å². The summed E-state index contributed by atoms with van der Waals surface area (Å²) in [4.78, 5) is 63.0. The zero-order valence-electron chi connectivity index (χ0n) is 16.7. The predicted molar refractivity (Wildman–Crippen MR) is 117 cm³/mol. The summed E-state index contributed by atoms with van der Waals surface area (Å²) in [6.07, 6.45) is 5.71. The van der Waals surface area contributed by atoms with Crippen molar-refractivity contribution < 1.29 is 24.0 Å². The first-order valence-corrected chi connectivity index (χ1v) is 11.0. The maximum atomic E-state index is 12.9. The average Bonchev–Trinajstić information content (AvgIpc) is 3.21. The molecule has 0 radical (unpaired) electrons. The van der Waals surface area contributed by atoms with Gasteiger partial charge in [-0.2, -0.15) is 0 Å². The van der Waals surface area contributed by atoms with E-state index in [9.17, 15) is 24.0 Å². The third-order valence-corrected chi connectivity index (χ3v) is 6.06. The summed E-state index contributed by atoms with van der Waals surface area (Å²) in [6, 6.07) is -3.28. The van der Waals surface area contributed by atoms with Crippen LogP contribution >= 0.6 is 18.8 Å². The van der Waals surface area contributed by atoms with Crippen molar-refractivity contribution in [2.45, 2.75) is 56.7 Å². The van der Waals surface area contributed by atoms with Crippen LogP contribution in [-0.4, -0.2) is 59.1 Å². The molecule has 166 valence electrons. The monoisotopic (exact) mass is 457 g/mol. The molecule has 2 aliphatic rings. The predicted octanol–water partition coefficient (Wildman–Crippen LogP) is -0.228. The molecule has 4 N–H and O–H groups in total. The van der Waals surface area contributed by atoms with Gasteiger partial charge in [-0.15, -0.1) is 6.58 Å². The van der Waals surface area contributed by atoms with Gasteiger partial charge in [0.1, 0.15) is 12.1 Å². The van der Waals surface area contributed by atoms with Gasteiger partial charge in [-0.25, -0.2) is 4.79 Å². The number of nitrogens with zero attached hydrogens (tertiary/aromatic N) is 1. The molecule has 2 fully saturated rings. The number of rotatable bonds is 9. The van der Waals surface area contributed by atoms with Crippen LogP contribution in [-0.2, 0) is 19.2 Å². The van der Waals surface area contributed by atoms with Crippen LogP contribution in [0.1, 0.15) is 38.5 Å². The van der Waals surface area contributed by atoms with Crippen molar-refractivity contribution in [1.29, 1.82) is 0 Å². The van der Waals surface area contributed by atoms with Crippen molar-refractivity contribution in [3.63, 3.8) is 0 Å². The third kappa shape index (κ3) is 5.99. The molecule has 0 spiro atoms. The molecule has 0 bridgehead atoms. The van der Waals surface area contributed by atoms with Crippen molar-refractivity contribution in [3.8, 4) is 0 Å². The molecule has 5 amide bonds. The Bertz CT molecular complexity index is 715. The van der Waals surface area contributed by atoms with Crippen molar-refractivity contribution in [2.24, 2.45) is 5.92 Å². The molecule has 5 atom stereocenters. The molecule has 0 aromatic heterocycles. The van der Waals surface area contributed by atoms with Crippen LogP contribution in [0.4, 0.5) is 4.79 Å². The second-order valence-electron chi connectivity index (χ2n) is 7.45. The summed E-state index contributed by atoms with van der Waals surface area (Å²) in [5.41, 5.74) is 0. The summed E-state index contributed by atoms with van der Waals surface area (Å²) >= 11 is 0. The fourth-order valence-corrected chi connectivity index (χ4v) is 3.90. The van der Waals surface area contributed by atoms with Gasteiger partial charge in [0.05, 0.1) is 6.04 Å². The molecular weight excluding hydrogens is 428 g/mol. The second-order valence-corrected chi connectivity index (χ2v) is 8.03. The van der Waals surface area contributed by atoms with Crippen molar-refractivity contribution in [1.82, 2.24) is 25.7 Å². The van der Waals surface area contributed by atoms with Crippen LogP contribution in [0.2, 0.25) is 0 Å². The number of likely N-dealkylation sites (tertiary alicyclic amines) is 1. The summed E-state index contributed by atoms with van der Waals surface area (Å²) in [5.74, 6) is -2.14. The minimum absolute atomic E-state index is 0.289. The van der Waals surface area contributed by atoms with E-state index in [1.807, 2.05) is 18.8 Å². The summed E-state index contributed by atoms with van der Waals surface area (Å²) in [5, 5.41) is 9.65. The van der Waals surface area contributed by atoms with Crippen LogP contribution < -0.4 is 20.8 Å². The van der Waals surface area contributed by atoms with Crippen LogP contribution in [0, 0.1) is 5.92 Å². The van der Waals surface area contributed by atoms with Crippen LogP contribution in [0.3, 0.4) is 0 Å². The average molecular weight is 457 g/mol. The van der Waals surface area contributed by atoms with Crippen molar-refractivity contribution in [3.05, 3.63) is 12.7 Å². The van der Waals surface area contributed by atoms with E-state index in [4.69, 9.17) is 0 Å². The number of hydrogen-bond acceptors (Lipinski definition) is 5. The van der Waals surface area contributed by atoms with E-state index in [0.717, 1.165) is 19.3 Å². The molecule has 10 nitrogen and oxygen atoms in total. The number of amides is 5. The van der Waals surface area contributed by atoms with E-state index in [1.165, 1.54) is 11.0 Å². The van der Waals surface area contributed by atoms with Gasteiger partial charge < -0.3 is 25.7 Å². The highest BCUT2D eigenvalue weighted by Crippen LogP contribution is 2.31. The Balaban J connectivity index is 2.08. The largest absolute Gasteiger partial charge is 0.344 e. The van der Waals surface area contributed by atoms with E-state index >= 15 is 0 Å². The minimum atomic E-state index is -0.991. The molecule has 30 heavy (non-hydrogen) atoms. The maximum Gasteiger partial charge on any atom is 0.318 e. The molecule has 3 unspecified atom stereocenters. The van der Waals surface area contributed by atoms with E-state index in [1.54, 1.807) is 0 Å². The topological polar surface area (TPSA) is 137 Å². The highest BCUT2D eigenvalue weighted by atomic mass is 31.0. The number of carbonyl (C=O) groups is 5. The lowest BCUT2D eigenvalue weighted by Gasteiger charge is -2.31. The summed E-state index contributed by atoms with van der Waals surface area (Å²) in [6.45, 7) is 3.92. The number of Topliss-reactive ketones (excluding diaryl/α,β-unsaturated/α-hetero) is 1. The Kier molecular flexibility index (Phi) is 9.18. The fraction of sp³-hybridized carbons (Fsp3) is 0.611. The molecule has 1 saturated heterocycles. The molecule has 0 aromatic rings. The lowest BCUT2D eigenvalue weighted by molar-refractivity contribution is -0.142. The van der Waals surface area contributed by atoms with E-state index < -0.39 is 47.7 Å². The molecule has 1 aliphatic heterocycles. The molecule has 1 heterocycles. The summed E-state index contributed by atoms with van der Waals surface area (Å²) < 4.78 is 0. The molecular formula is C18H29N5O5P2. The quantitative estimate of drug-likeness (QED) is 0.215. The van der Waals surface area contributed by atoms with Gasteiger partial charge >= 0.3 is 6.03 Å². The Morgan fingerprint density at radius 2 is 1.73 bits per heavy atom. The van der Waals surface area contributed by atoms with Crippen LogP contribution in [0.15, 0.2) is 12.7 Å². The maximum absolute atomic E-state index is 12.9. The molecule has 0 aromatic carbocycles. The normalized spacial score (nSPS) is 20.3. The van der Waals surface area contributed by atoms with E-state index in [2.05, 4.69) is 27.4 Å². The SMILES string of the molecule is C=C[C@H](NC(=O)NP)C(=O)N1CCC[C@H]1C(=O)NC(CC1CCC1)C(=O)C(=O)NP. The molecule has 1 aliphatic carbocycles. The highest BCUT2D eigenvalue weighted by molar-refractivity contribution is 7.15. The lowest BCUT2D eigenvalue weighted by atomic mass is 9.80. The summed E-state index contributed by atoms with van der Waals surface area (Å²) in [7, 11) is 4.01. The van der Waals surface area contributed by atoms with E-state index in [-0.39, 0.29) is 5.92 Å². The van der Waals surface area contributed by atoms with Gasteiger partial charge in [-0.05, 0) is 44.0 Å². The van der Waals surface area contributed by atoms with Crippen molar-refractivity contribution >= 4 is 48.3 Å². The Morgan fingerprint density at radius 1 is 1.03 bits per heavy atom. The second kappa shape index (κ2) is 11.4. The third-order valence-electron chi connectivity index (χ3n) is 5.54. The number of hydrogen-bond donors (Lipinski definition) is 4. The van der Waals surface area contributed by atoms with Gasteiger partial charge in [-0.3, -0.25) is 19.2 Å². The number of carbonyl (C=O) groups excluding carboxylic acids is 5. The first kappa shape index (κ1) is 24.2. The zero-order chi connectivity index (χ0) is 22.3. The van der Waals surface area contributed by atoms with Crippen LogP contribution in [0.5, 0.6) is 0 Å². The van der Waals surface area contributed by atoms with Crippen molar-refractivity contribution in [2.75, 3.05) is 6.54 Å². The highest BCUT2D eigenvalue weighted by Gasteiger charge is 2.39. The van der Waals surface area contributed by atoms with Gasteiger partial charge in [0.15, 0.2) is 0 Å². The van der Waals surface area contributed by atoms with Gasteiger partial charge in [-0.1, -0.05) is 25.3 Å². The molecule has 12 heteroatoms. The standard InChI is InChI=1S/C18H29N5O5P2/c1-2-11(20-18(28)22-30)17(27)23-8-4-7-13(23)15(25)19-12(9-10-5-3-6-10)14(24)16(26)21-29/h2,10-13H,1,3-9,29-30H2,(H,19,25)(H,21,26)(H2,20,22,28)/t11-,12?,13-/m0/s1. The van der Waals surface area contributed by atoms with E-state index in [0.29, 0.717) is 25.8 Å². The Hall–Kier alpha value is -2.05. The Labute approximate surface area is 180 Å². The number of urea groups is 1. The lowest BCUT2D eigenvalue weighted by Crippen LogP contribution is -2.56. The fourth-order valence-electron chi connectivity index (χ4n) is 3.68. The van der Waals surface area contributed by atoms with Gasteiger partial charge in [0.2, 0.25) is 17.6 Å². The minimum Gasteiger partial charge on any atom is -0.344 e. The number of ketones is 1. The number of nitrogens with one attached hydrogen (secondary N) is 4. The smallest absolute Gasteiger partial charge is 0.318 e. The zero-order valence-corrected chi connectivity index (χ0v) is 19.0.